The fourth-order valence-electron chi connectivity index (χ4n) is 1.45. The lowest BCUT2D eigenvalue weighted by atomic mass is 10.0. The van der Waals surface area contributed by atoms with E-state index < -0.39 is 23.9 Å². The minimum absolute atomic E-state index is 0.0383. The van der Waals surface area contributed by atoms with E-state index in [9.17, 15) is 15.0 Å². The van der Waals surface area contributed by atoms with Crippen molar-refractivity contribution in [2.75, 3.05) is 0 Å². The van der Waals surface area contributed by atoms with Crippen LogP contribution < -0.4 is 0 Å². The van der Waals surface area contributed by atoms with Gasteiger partial charge in [0.1, 0.15) is 11.3 Å². The number of para-hydroxylation sites is 1. The van der Waals surface area contributed by atoms with Crippen LogP contribution in [-0.4, -0.2) is 32.5 Å². The van der Waals surface area contributed by atoms with Crippen LogP contribution in [0.15, 0.2) is 18.2 Å². The van der Waals surface area contributed by atoms with Gasteiger partial charge in [-0.15, -0.1) is 0 Å². The summed E-state index contributed by atoms with van der Waals surface area (Å²) in [6.07, 6.45) is -1.78. The summed E-state index contributed by atoms with van der Waals surface area (Å²) in [5, 5.41) is 37.1. The molecule has 0 saturated heterocycles. The predicted octanol–water partition coefficient (Wildman–Crippen LogP) is 0.895. The maximum Gasteiger partial charge on any atom is 0.339 e. The van der Waals surface area contributed by atoms with E-state index in [0.717, 1.165) is 0 Å². The van der Waals surface area contributed by atoms with Crippen molar-refractivity contribution in [3.63, 3.8) is 0 Å². The highest BCUT2D eigenvalue weighted by atomic mass is 16.4. The number of hydrogen-bond acceptors (Lipinski definition) is 4. The second-order valence-electron chi connectivity index (χ2n) is 3.65. The molecule has 0 fully saturated rings. The van der Waals surface area contributed by atoms with Gasteiger partial charge in [-0.2, -0.15) is 0 Å². The van der Waals surface area contributed by atoms with E-state index in [4.69, 9.17) is 10.2 Å². The second-order valence-corrected chi connectivity index (χ2v) is 3.65. The number of aromatic hydroxyl groups is 1. The zero-order valence-corrected chi connectivity index (χ0v) is 8.79. The molecule has 0 spiro atoms. The lowest BCUT2D eigenvalue weighted by Gasteiger charge is -2.15. The Labute approximate surface area is 92.6 Å². The summed E-state index contributed by atoms with van der Waals surface area (Å²) in [6, 6.07) is 4.11. The Bertz CT molecular complexity index is 386. The van der Waals surface area contributed by atoms with Crippen LogP contribution in [0.4, 0.5) is 0 Å². The molecule has 0 bridgehead atoms. The Kier molecular flexibility index (Phi) is 3.87. The first-order valence-corrected chi connectivity index (χ1v) is 4.84. The highest BCUT2D eigenvalue weighted by molar-refractivity contribution is 5.91. The van der Waals surface area contributed by atoms with Gasteiger partial charge < -0.3 is 20.4 Å². The van der Waals surface area contributed by atoms with Crippen molar-refractivity contribution < 1.29 is 25.2 Å². The molecular weight excluding hydrogens is 212 g/mol. The molecule has 0 heterocycles. The molecule has 2 unspecified atom stereocenters. The van der Waals surface area contributed by atoms with Crippen LogP contribution in [0.5, 0.6) is 5.75 Å². The average molecular weight is 226 g/mol. The summed E-state index contributed by atoms with van der Waals surface area (Å²) in [4.78, 5) is 10.7. The summed E-state index contributed by atoms with van der Waals surface area (Å²) < 4.78 is 0. The smallest absolute Gasteiger partial charge is 0.339 e. The highest BCUT2D eigenvalue weighted by Crippen LogP contribution is 2.30. The molecule has 88 valence electrons. The minimum atomic E-state index is -1.26. The van der Waals surface area contributed by atoms with Crippen LogP contribution in [0.2, 0.25) is 0 Å². The first-order valence-electron chi connectivity index (χ1n) is 4.84. The van der Waals surface area contributed by atoms with Gasteiger partial charge in [0.2, 0.25) is 0 Å². The molecule has 1 rings (SSSR count). The van der Waals surface area contributed by atoms with E-state index in [-0.39, 0.29) is 17.5 Å². The number of benzene rings is 1. The van der Waals surface area contributed by atoms with Gasteiger partial charge in [-0.25, -0.2) is 4.79 Å². The summed E-state index contributed by atoms with van der Waals surface area (Å²) in [6.45, 7) is 1.50. The molecule has 0 amide bonds. The summed E-state index contributed by atoms with van der Waals surface area (Å²) in [7, 11) is 0. The number of carboxylic acids is 1. The Hall–Kier alpha value is -1.59. The van der Waals surface area contributed by atoms with Gasteiger partial charge in [-0.05, 0) is 13.0 Å². The first kappa shape index (κ1) is 12.5. The van der Waals surface area contributed by atoms with E-state index in [2.05, 4.69) is 0 Å². The summed E-state index contributed by atoms with van der Waals surface area (Å²) in [5.41, 5.74) is -0.150. The Morgan fingerprint density at radius 2 is 2.00 bits per heavy atom. The third-order valence-electron chi connectivity index (χ3n) is 2.22. The first-order chi connectivity index (χ1) is 7.43. The van der Waals surface area contributed by atoms with Crippen molar-refractivity contribution in [1.82, 2.24) is 0 Å². The van der Waals surface area contributed by atoms with E-state index >= 15 is 0 Å². The number of hydrogen-bond donors (Lipinski definition) is 4. The molecule has 0 aliphatic heterocycles. The number of aromatic carboxylic acids is 1. The molecule has 5 heteroatoms. The highest BCUT2D eigenvalue weighted by Gasteiger charge is 2.19. The van der Waals surface area contributed by atoms with Crippen LogP contribution in [-0.2, 0) is 0 Å². The average Bonchev–Trinajstić information content (AvgIpc) is 2.16. The van der Waals surface area contributed by atoms with Crippen molar-refractivity contribution in [3.05, 3.63) is 29.3 Å². The van der Waals surface area contributed by atoms with Gasteiger partial charge in [0.15, 0.2) is 0 Å². The monoisotopic (exact) mass is 226 g/mol. The molecule has 16 heavy (non-hydrogen) atoms. The number of aliphatic hydroxyl groups excluding tert-OH is 2. The van der Waals surface area contributed by atoms with Crippen molar-refractivity contribution in [2.24, 2.45) is 0 Å². The maximum absolute atomic E-state index is 10.7. The quantitative estimate of drug-likeness (QED) is 0.611. The minimum Gasteiger partial charge on any atom is -0.507 e. The van der Waals surface area contributed by atoms with Crippen molar-refractivity contribution in [1.29, 1.82) is 0 Å². The van der Waals surface area contributed by atoms with Gasteiger partial charge in [0.05, 0.1) is 12.2 Å². The SMILES string of the molecule is CC(O)CC(O)c1cccc(C(=O)O)c1O. The third-order valence-corrected chi connectivity index (χ3v) is 2.22. The summed E-state index contributed by atoms with van der Waals surface area (Å²) in [5.74, 6) is -1.72. The largest absolute Gasteiger partial charge is 0.507 e. The molecule has 0 aliphatic carbocycles. The van der Waals surface area contributed by atoms with Crippen LogP contribution in [0, 0.1) is 0 Å². The molecule has 0 aliphatic rings. The molecule has 0 radical (unpaired) electrons. The molecule has 1 aromatic carbocycles. The predicted molar refractivity (Wildman–Crippen MR) is 56.3 cm³/mol. The van der Waals surface area contributed by atoms with Crippen molar-refractivity contribution in [2.45, 2.75) is 25.6 Å². The van der Waals surface area contributed by atoms with Gasteiger partial charge in [-0.1, -0.05) is 12.1 Å². The Morgan fingerprint density at radius 3 is 2.50 bits per heavy atom. The number of aliphatic hydroxyl groups is 2. The fourth-order valence-corrected chi connectivity index (χ4v) is 1.45. The number of phenols is 1. The van der Waals surface area contributed by atoms with E-state index in [1.807, 2.05) is 0 Å². The van der Waals surface area contributed by atoms with Gasteiger partial charge in [0, 0.05) is 12.0 Å². The molecule has 0 saturated carbocycles. The molecule has 1 aromatic rings. The Morgan fingerprint density at radius 1 is 1.38 bits per heavy atom. The summed E-state index contributed by atoms with van der Waals surface area (Å²) >= 11 is 0. The zero-order valence-electron chi connectivity index (χ0n) is 8.79. The van der Waals surface area contributed by atoms with Gasteiger partial charge >= 0.3 is 5.97 Å². The Balaban J connectivity index is 3.05. The van der Waals surface area contributed by atoms with Gasteiger partial charge in [-0.3, -0.25) is 0 Å². The van der Waals surface area contributed by atoms with Gasteiger partial charge in [0.25, 0.3) is 0 Å². The topological polar surface area (TPSA) is 98.0 Å². The van der Waals surface area contributed by atoms with Crippen LogP contribution in [0.1, 0.15) is 35.4 Å². The zero-order chi connectivity index (χ0) is 12.3. The maximum atomic E-state index is 10.7. The fraction of sp³-hybridized carbons (Fsp3) is 0.364. The van der Waals surface area contributed by atoms with Crippen LogP contribution in [0.25, 0.3) is 0 Å². The molecule has 5 nitrogen and oxygen atoms in total. The van der Waals surface area contributed by atoms with Crippen molar-refractivity contribution >= 4 is 5.97 Å². The van der Waals surface area contributed by atoms with E-state index in [0.29, 0.717) is 0 Å². The molecule has 4 N–H and O–H groups in total. The number of rotatable bonds is 4. The normalized spacial score (nSPS) is 14.4. The third kappa shape index (κ3) is 2.71. The molecule has 2 atom stereocenters. The van der Waals surface area contributed by atoms with E-state index in [1.165, 1.54) is 25.1 Å². The van der Waals surface area contributed by atoms with Crippen LogP contribution in [0.3, 0.4) is 0 Å². The number of carbonyl (C=O) groups is 1. The van der Waals surface area contributed by atoms with Crippen LogP contribution >= 0.6 is 0 Å². The second kappa shape index (κ2) is 4.96. The van der Waals surface area contributed by atoms with Crippen molar-refractivity contribution in [3.8, 4) is 5.75 Å². The molecular formula is C11H14O5. The lowest BCUT2D eigenvalue weighted by Crippen LogP contribution is -2.09. The number of carboxylic acid groups (broad SMARTS) is 1. The molecule has 0 aromatic heterocycles. The lowest BCUT2D eigenvalue weighted by molar-refractivity contribution is 0.0692. The standard InChI is InChI=1S/C11H14O5/c1-6(12)5-9(13)7-3-2-4-8(10(7)14)11(15)16/h2-4,6,9,12-14H,5H2,1H3,(H,15,16). The van der Waals surface area contributed by atoms with E-state index in [1.54, 1.807) is 0 Å².